The molecule has 1 fully saturated rings. The molecule has 1 aromatic heterocycles. The second kappa shape index (κ2) is 7.43. The van der Waals surface area contributed by atoms with Crippen molar-refractivity contribution in [3.05, 3.63) is 24.3 Å². The second-order valence-electron chi connectivity index (χ2n) is 5.31. The lowest BCUT2D eigenvalue weighted by Gasteiger charge is -2.16. The van der Waals surface area contributed by atoms with E-state index in [1.54, 1.807) is 21.7 Å². The molecule has 1 saturated heterocycles. The van der Waals surface area contributed by atoms with Crippen molar-refractivity contribution < 1.29 is 9.59 Å². The maximum atomic E-state index is 12.0. The number of hydrogen-bond acceptors (Lipinski definition) is 6. The molecule has 0 spiro atoms. The highest BCUT2D eigenvalue weighted by molar-refractivity contribution is 7.99. The molecule has 0 bridgehead atoms. The molecule has 0 aliphatic carbocycles. The molecular formula is C15H18N6O2S. The Morgan fingerprint density at radius 2 is 2.12 bits per heavy atom. The fourth-order valence-electron chi connectivity index (χ4n) is 2.47. The molecule has 1 N–H and O–H groups in total. The standard InChI is InChI=1S/C15H18N6O2S/c1-2-21-15(17-18-19-21)24-10-13(22)16-11-5-7-12(8-6-11)20-9-3-4-14(20)23/h5-8H,2-4,9-10H2,1H3,(H,16,22). The van der Waals surface area contributed by atoms with Crippen molar-refractivity contribution in [1.29, 1.82) is 0 Å². The van der Waals surface area contributed by atoms with Gasteiger partial charge in [0.15, 0.2) is 0 Å². The van der Waals surface area contributed by atoms with E-state index < -0.39 is 0 Å². The molecule has 1 aromatic carbocycles. The van der Waals surface area contributed by atoms with Gasteiger partial charge in [-0.1, -0.05) is 11.8 Å². The smallest absolute Gasteiger partial charge is 0.234 e. The summed E-state index contributed by atoms with van der Waals surface area (Å²) in [5.41, 5.74) is 1.57. The van der Waals surface area contributed by atoms with Crippen LogP contribution in [-0.4, -0.2) is 44.3 Å². The summed E-state index contributed by atoms with van der Waals surface area (Å²) in [6, 6.07) is 7.31. The third-order valence-electron chi connectivity index (χ3n) is 3.67. The maximum Gasteiger partial charge on any atom is 0.234 e. The van der Waals surface area contributed by atoms with Gasteiger partial charge in [-0.3, -0.25) is 9.59 Å². The minimum Gasteiger partial charge on any atom is -0.325 e. The number of benzene rings is 1. The van der Waals surface area contributed by atoms with E-state index in [0.29, 0.717) is 23.8 Å². The third kappa shape index (κ3) is 3.73. The van der Waals surface area contributed by atoms with Gasteiger partial charge >= 0.3 is 0 Å². The van der Waals surface area contributed by atoms with Crippen molar-refractivity contribution in [3.63, 3.8) is 0 Å². The minimum absolute atomic E-state index is 0.129. The van der Waals surface area contributed by atoms with Crippen LogP contribution >= 0.6 is 11.8 Å². The van der Waals surface area contributed by atoms with Crippen LogP contribution in [0, 0.1) is 0 Å². The molecule has 0 atom stereocenters. The lowest BCUT2D eigenvalue weighted by Crippen LogP contribution is -2.23. The van der Waals surface area contributed by atoms with E-state index in [-0.39, 0.29) is 17.6 Å². The molecular weight excluding hydrogens is 328 g/mol. The van der Waals surface area contributed by atoms with Crippen molar-refractivity contribution >= 4 is 35.0 Å². The Balaban J connectivity index is 1.54. The lowest BCUT2D eigenvalue weighted by molar-refractivity contribution is -0.117. The molecule has 1 aliphatic rings. The van der Waals surface area contributed by atoms with Gasteiger partial charge in [0, 0.05) is 30.9 Å². The summed E-state index contributed by atoms with van der Waals surface area (Å²) >= 11 is 1.29. The molecule has 9 heteroatoms. The van der Waals surface area contributed by atoms with Crippen LogP contribution < -0.4 is 10.2 Å². The van der Waals surface area contributed by atoms with Gasteiger partial charge in [-0.25, -0.2) is 4.68 Å². The number of thioether (sulfide) groups is 1. The monoisotopic (exact) mass is 346 g/mol. The number of rotatable bonds is 6. The van der Waals surface area contributed by atoms with Crippen LogP contribution in [0.1, 0.15) is 19.8 Å². The number of anilines is 2. The maximum absolute atomic E-state index is 12.0. The van der Waals surface area contributed by atoms with Gasteiger partial charge in [-0.2, -0.15) is 0 Å². The van der Waals surface area contributed by atoms with Crippen LogP contribution in [0.25, 0.3) is 0 Å². The Labute approximate surface area is 143 Å². The van der Waals surface area contributed by atoms with Crippen LogP contribution in [0.15, 0.2) is 29.4 Å². The fourth-order valence-corrected chi connectivity index (χ4v) is 3.21. The summed E-state index contributed by atoms with van der Waals surface area (Å²) in [5, 5.41) is 14.7. The summed E-state index contributed by atoms with van der Waals surface area (Å²) in [7, 11) is 0. The summed E-state index contributed by atoms with van der Waals surface area (Å²) < 4.78 is 1.64. The van der Waals surface area contributed by atoms with Crippen molar-refractivity contribution in [2.45, 2.75) is 31.5 Å². The molecule has 0 saturated carbocycles. The van der Waals surface area contributed by atoms with Gasteiger partial charge < -0.3 is 10.2 Å². The Morgan fingerprint density at radius 3 is 2.79 bits per heavy atom. The number of aryl methyl sites for hydroxylation is 1. The quantitative estimate of drug-likeness (QED) is 0.798. The Bertz CT molecular complexity index is 730. The molecule has 2 amide bonds. The van der Waals surface area contributed by atoms with Crippen molar-refractivity contribution in [3.8, 4) is 0 Å². The van der Waals surface area contributed by atoms with Gasteiger partial charge in [-0.15, -0.1) is 5.10 Å². The Hall–Kier alpha value is -2.42. The van der Waals surface area contributed by atoms with Crippen LogP contribution in [0.3, 0.4) is 0 Å². The predicted octanol–water partition coefficient (Wildman–Crippen LogP) is 1.55. The van der Waals surface area contributed by atoms with Gasteiger partial charge in [-0.05, 0) is 48.0 Å². The molecule has 3 rings (SSSR count). The first kappa shape index (κ1) is 16.4. The highest BCUT2D eigenvalue weighted by atomic mass is 32.2. The van der Waals surface area contributed by atoms with E-state index in [4.69, 9.17) is 0 Å². The number of nitrogens with zero attached hydrogens (tertiary/aromatic N) is 5. The first-order valence-corrected chi connectivity index (χ1v) is 8.75. The number of amides is 2. The van der Waals surface area contributed by atoms with Crippen molar-refractivity contribution in [2.75, 3.05) is 22.5 Å². The summed E-state index contributed by atoms with van der Waals surface area (Å²) in [6.45, 7) is 3.36. The normalized spacial score (nSPS) is 14.2. The Kier molecular flexibility index (Phi) is 5.09. The zero-order chi connectivity index (χ0) is 16.9. The number of tetrazole rings is 1. The Morgan fingerprint density at radius 1 is 1.33 bits per heavy atom. The molecule has 24 heavy (non-hydrogen) atoms. The first-order valence-electron chi connectivity index (χ1n) is 7.76. The molecule has 1 aliphatic heterocycles. The topological polar surface area (TPSA) is 93.0 Å². The number of aromatic nitrogens is 4. The number of carbonyl (C=O) groups excluding carboxylic acids is 2. The highest BCUT2D eigenvalue weighted by Crippen LogP contribution is 2.23. The van der Waals surface area contributed by atoms with Crippen LogP contribution in [0.4, 0.5) is 11.4 Å². The molecule has 2 heterocycles. The molecule has 8 nitrogen and oxygen atoms in total. The first-order chi connectivity index (χ1) is 11.7. The van der Waals surface area contributed by atoms with Crippen molar-refractivity contribution in [1.82, 2.24) is 20.2 Å². The predicted molar refractivity (Wildman–Crippen MR) is 90.9 cm³/mol. The minimum atomic E-state index is -0.129. The van der Waals surface area contributed by atoms with Crippen molar-refractivity contribution in [2.24, 2.45) is 0 Å². The zero-order valence-corrected chi connectivity index (χ0v) is 14.1. The summed E-state index contributed by atoms with van der Waals surface area (Å²) in [5.74, 6) is 0.250. The van der Waals surface area contributed by atoms with E-state index in [1.165, 1.54) is 11.8 Å². The van der Waals surface area contributed by atoms with E-state index >= 15 is 0 Å². The summed E-state index contributed by atoms with van der Waals surface area (Å²) in [4.78, 5) is 25.5. The molecule has 126 valence electrons. The average molecular weight is 346 g/mol. The highest BCUT2D eigenvalue weighted by Gasteiger charge is 2.21. The largest absolute Gasteiger partial charge is 0.325 e. The number of carbonyl (C=O) groups is 2. The number of hydrogen-bond donors (Lipinski definition) is 1. The molecule has 0 unspecified atom stereocenters. The van der Waals surface area contributed by atoms with Gasteiger partial charge in [0.1, 0.15) is 0 Å². The average Bonchev–Trinajstić information content (AvgIpc) is 3.22. The van der Waals surface area contributed by atoms with Gasteiger partial charge in [0.05, 0.1) is 5.75 Å². The fraction of sp³-hybridized carbons (Fsp3) is 0.400. The van der Waals surface area contributed by atoms with Crippen LogP contribution in [0.5, 0.6) is 0 Å². The molecule has 2 aromatic rings. The van der Waals surface area contributed by atoms with Crippen LogP contribution in [0.2, 0.25) is 0 Å². The molecule has 0 radical (unpaired) electrons. The second-order valence-corrected chi connectivity index (χ2v) is 6.25. The van der Waals surface area contributed by atoms with E-state index in [1.807, 2.05) is 19.1 Å². The summed E-state index contributed by atoms with van der Waals surface area (Å²) in [6.07, 6.45) is 1.50. The third-order valence-corrected chi connectivity index (χ3v) is 4.62. The van der Waals surface area contributed by atoms with Gasteiger partial charge in [0.25, 0.3) is 0 Å². The van der Waals surface area contributed by atoms with E-state index in [9.17, 15) is 9.59 Å². The van der Waals surface area contributed by atoms with E-state index in [0.717, 1.165) is 18.7 Å². The van der Waals surface area contributed by atoms with E-state index in [2.05, 4.69) is 20.8 Å². The SMILES string of the molecule is CCn1nnnc1SCC(=O)Nc1ccc(N2CCCC2=O)cc1. The number of nitrogens with one attached hydrogen (secondary N) is 1. The lowest BCUT2D eigenvalue weighted by atomic mass is 10.2. The zero-order valence-electron chi connectivity index (χ0n) is 13.3. The van der Waals surface area contributed by atoms with Crippen LogP contribution in [-0.2, 0) is 16.1 Å². The van der Waals surface area contributed by atoms with Gasteiger partial charge in [0.2, 0.25) is 17.0 Å².